The zero-order valence-electron chi connectivity index (χ0n) is 13.4. The van der Waals surface area contributed by atoms with Gasteiger partial charge in [0.1, 0.15) is 16.2 Å². The third-order valence-corrected chi connectivity index (χ3v) is 4.87. The molecule has 0 fully saturated rings. The molecule has 2 N–H and O–H groups in total. The minimum Gasteiger partial charge on any atom is -0.493 e. The molecule has 2 aromatic rings. The van der Waals surface area contributed by atoms with Gasteiger partial charge in [0.15, 0.2) is 0 Å². The van der Waals surface area contributed by atoms with E-state index < -0.39 is 0 Å². The molecule has 0 spiro atoms. The largest absolute Gasteiger partial charge is 0.493 e. The highest BCUT2D eigenvalue weighted by Crippen LogP contribution is 2.31. The molecule has 0 amide bonds. The fraction of sp³-hybridized carbons (Fsp3) is 0.444. The number of rotatable bonds is 2. The van der Waals surface area contributed by atoms with Gasteiger partial charge in [0.25, 0.3) is 0 Å². The van der Waals surface area contributed by atoms with Crippen LogP contribution < -0.4 is 10.5 Å². The Hall–Kier alpha value is -1.53. The molecular formula is C18H21BrFN3O. The van der Waals surface area contributed by atoms with Crippen molar-refractivity contribution in [1.82, 2.24) is 9.97 Å². The van der Waals surface area contributed by atoms with Crippen LogP contribution in [0.2, 0.25) is 0 Å². The van der Waals surface area contributed by atoms with E-state index in [1.165, 1.54) is 12.1 Å². The lowest BCUT2D eigenvalue weighted by Crippen LogP contribution is -2.18. The molecule has 1 aromatic heterocycles. The number of fused-ring (bicyclic) bond motifs is 1. The SMILES string of the molecule is N[C@H]1CCCC(Cc2cnc(Br)cn2)CCOc2cc(F)ccc21. The van der Waals surface area contributed by atoms with Gasteiger partial charge in [-0.1, -0.05) is 12.5 Å². The maximum absolute atomic E-state index is 13.5. The molecule has 0 aliphatic carbocycles. The van der Waals surface area contributed by atoms with Gasteiger partial charge >= 0.3 is 0 Å². The third-order valence-electron chi connectivity index (χ3n) is 4.46. The summed E-state index contributed by atoms with van der Waals surface area (Å²) in [6.45, 7) is 0.553. The van der Waals surface area contributed by atoms with Gasteiger partial charge < -0.3 is 10.5 Å². The Balaban J connectivity index is 1.69. The maximum Gasteiger partial charge on any atom is 0.126 e. The average Bonchev–Trinajstić information content (AvgIpc) is 2.56. The van der Waals surface area contributed by atoms with Gasteiger partial charge in [-0.2, -0.15) is 0 Å². The molecular weight excluding hydrogens is 373 g/mol. The first-order valence-electron chi connectivity index (χ1n) is 8.26. The second kappa shape index (κ2) is 8.03. The van der Waals surface area contributed by atoms with Crippen LogP contribution in [0.4, 0.5) is 4.39 Å². The van der Waals surface area contributed by atoms with Crippen molar-refractivity contribution in [1.29, 1.82) is 0 Å². The third kappa shape index (κ3) is 4.51. The summed E-state index contributed by atoms with van der Waals surface area (Å²) in [6.07, 6.45) is 8.28. The van der Waals surface area contributed by atoms with Crippen LogP contribution in [-0.2, 0) is 6.42 Å². The minimum absolute atomic E-state index is 0.119. The van der Waals surface area contributed by atoms with E-state index >= 15 is 0 Å². The quantitative estimate of drug-likeness (QED) is 0.830. The summed E-state index contributed by atoms with van der Waals surface area (Å²) >= 11 is 3.30. The molecule has 1 unspecified atom stereocenters. The van der Waals surface area contributed by atoms with E-state index in [2.05, 4.69) is 25.9 Å². The summed E-state index contributed by atoms with van der Waals surface area (Å²) in [5, 5.41) is 0. The Kier molecular flexibility index (Phi) is 5.79. The van der Waals surface area contributed by atoms with E-state index in [1.807, 2.05) is 0 Å². The Morgan fingerprint density at radius 1 is 1.21 bits per heavy atom. The van der Waals surface area contributed by atoms with E-state index in [0.29, 0.717) is 18.3 Å². The van der Waals surface area contributed by atoms with Crippen LogP contribution in [0.5, 0.6) is 5.75 Å². The van der Waals surface area contributed by atoms with Crippen molar-refractivity contribution in [2.75, 3.05) is 6.61 Å². The second-order valence-corrected chi connectivity index (χ2v) is 7.07. The number of nitrogens with zero attached hydrogens (tertiary/aromatic N) is 2. The fourth-order valence-corrected chi connectivity index (χ4v) is 3.35. The number of halogens is 2. The molecule has 128 valence electrons. The Morgan fingerprint density at radius 3 is 2.88 bits per heavy atom. The summed E-state index contributed by atoms with van der Waals surface area (Å²) in [4.78, 5) is 8.64. The lowest BCUT2D eigenvalue weighted by molar-refractivity contribution is 0.256. The predicted octanol–water partition coefficient (Wildman–Crippen LogP) is 4.19. The molecule has 6 heteroatoms. The maximum atomic E-state index is 13.5. The first kappa shape index (κ1) is 17.3. The number of benzene rings is 1. The van der Waals surface area contributed by atoms with Gasteiger partial charge in [-0.05, 0) is 53.6 Å². The van der Waals surface area contributed by atoms with E-state index in [-0.39, 0.29) is 11.9 Å². The molecule has 0 bridgehead atoms. The summed E-state index contributed by atoms with van der Waals surface area (Å²) in [5.41, 5.74) is 8.15. The Labute approximate surface area is 149 Å². The van der Waals surface area contributed by atoms with Crippen molar-refractivity contribution in [2.45, 2.75) is 38.1 Å². The molecule has 2 heterocycles. The topological polar surface area (TPSA) is 61.0 Å². The lowest BCUT2D eigenvalue weighted by Gasteiger charge is -2.23. The number of hydrogen-bond acceptors (Lipinski definition) is 4. The highest BCUT2D eigenvalue weighted by molar-refractivity contribution is 9.10. The number of ether oxygens (including phenoxy) is 1. The number of nitrogens with two attached hydrogens (primary N) is 1. The number of aromatic nitrogens is 2. The fourth-order valence-electron chi connectivity index (χ4n) is 3.15. The minimum atomic E-state index is -0.292. The van der Waals surface area contributed by atoms with Crippen molar-refractivity contribution in [3.63, 3.8) is 0 Å². The van der Waals surface area contributed by atoms with Gasteiger partial charge in [0.2, 0.25) is 0 Å². The predicted molar refractivity (Wildman–Crippen MR) is 94.2 cm³/mol. The van der Waals surface area contributed by atoms with Crippen molar-refractivity contribution in [2.24, 2.45) is 11.7 Å². The molecule has 2 atom stereocenters. The van der Waals surface area contributed by atoms with Gasteiger partial charge in [-0.3, -0.25) is 4.98 Å². The van der Waals surface area contributed by atoms with Gasteiger partial charge in [-0.15, -0.1) is 0 Å². The first-order chi connectivity index (χ1) is 11.6. The average molecular weight is 394 g/mol. The monoisotopic (exact) mass is 393 g/mol. The van der Waals surface area contributed by atoms with Crippen LogP contribution >= 0.6 is 15.9 Å². The van der Waals surface area contributed by atoms with Crippen LogP contribution in [0.1, 0.15) is 43.0 Å². The van der Waals surface area contributed by atoms with Crippen molar-refractivity contribution >= 4 is 15.9 Å². The van der Waals surface area contributed by atoms with Crippen LogP contribution in [-0.4, -0.2) is 16.6 Å². The molecule has 4 nitrogen and oxygen atoms in total. The van der Waals surface area contributed by atoms with Crippen molar-refractivity contribution in [3.8, 4) is 5.75 Å². The summed E-state index contributed by atoms with van der Waals surface area (Å²) in [6, 6.07) is 4.51. The standard InChI is InChI=1S/C18H21BrFN3O/c19-18-11-22-14(10-23-18)8-12-2-1-3-16(21)15-5-4-13(20)9-17(15)24-7-6-12/h4-5,9-12,16H,1-3,6-8,21H2/t12?,16-/m0/s1. The van der Waals surface area contributed by atoms with E-state index in [1.54, 1.807) is 18.5 Å². The molecule has 3 rings (SSSR count). The highest BCUT2D eigenvalue weighted by atomic mass is 79.9. The summed E-state index contributed by atoms with van der Waals surface area (Å²) in [7, 11) is 0. The van der Waals surface area contributed by atoms with Crippen molar-refractivity contribution < 1.29 is 9.13 Å². The van der Waals surface area contributed by atoms with E-state index in [0.717, 1.165) is 48.0 Å². The number of hydrogen-bond donors (Lipinski definition) is 1. The van der Waals surface area contributed by atoms with E-state index in [4.69, 9.17) is 10.5 Å². The second-order valence-electron chi connectivity index (χ2n) is 6.26. The van der Waals surface area contributed by atoms with Crippen molar-refractivity contribution in [3.05, 3.63) is 52.3 Å². The summed E-state index contributed by atoms with van der Waals surface area (Å²) < 4.78 is 20.1. The van der Waals surface area contributed by atoms with Crippen LogP contribution in [0, 0.1) is 11.7 Å². The molecule has 1 aliphatic heterocycles. The molecule has 0 saturated carbocycles. The van der Waals surface area contributed by atoms with Crippen LogP contribution in [0.15, 0.2) is 35.2 Å². The van der Waals surface area contributed by atoms with Crippen LogP contribution in [0.25, 0.3) is 0 Å². The smallest absolute Gasteiger partial charge is 0.126 e. The molecule has 1 aromatic carbocycles. The lowest BCUT2D eigenvalue weighted by atomic mass is 9.91. The molecule has 24 heavy (non-hydrogen) atoms. The first-order valence-corrected chi connectivity index (χ1v) is 9.05. The van der Waals surface area contributed by atoms with Crippen LogP contribution in [0.3, 0.4) is 0 Å². The molecule has 0 saturated heterocycles. The van der Waals surface area contributed by atoms with Gasteiger partial charge in [-0.25, -0.2) is 9.37 Å². The zero-order chi connectivity index (χ0) is 16.9. The normalized spacial score (nSPS) is 21.6. The Bertz CT molecular complexity index is 680. The molecule has 0 radical (unpaired) electrons. The highest BCUT2D eigenvalue weighted by Gasteiger charge is 2.18. The van der Waals surface area contributed by atoms with Gasteiger partial charge in [0.05, 0.1) is 18.5 Å². The van der Waals surface area contributed by atoms with Gasteiger partial charge in [0, 0.05) is 23.9 Å². The summed E-state index contributed by atoms with van der Waals surface area (Å²) in [5.74, 6) is 0.745. The van der Waals surface area contributed by atoms with E-state index in [9.17, 15) is 4.39 Å². The zero-order valence-corrected chi connectivity index (χ0v) is 15.0. The Morgan fingerprint density at radius 2 is 2.08 bits per heavy atom. The molecule has 1 aliphatic rings.